The van der Waals surface area contributed by atoms with Gasteiger partial charge < -0.3 is 10.3 Å². The van der Waals surface area contributed by atoms with Crippen molar-refractivity contribution in [1.29, 1.82) is 0 Å². The Morgan fingerprint density at radius 1 is 1.32 bits per heavy atom. The molecule has 5 heteroatoms. The zero-order chi connectivity index (χ0) is 14.2. The molecule has 0 unspecified atom stereocenters. The van der Waals surface area contributed by atoms with Gasteiger partial charge in [0.1, 0.15) is 17.5 Å². The van der Waals surface area contributed by atoms with Gasteiger partial charge in [0.2, 0.25) is 0 Å². The lowest BCUT2D eigenvalue weighted by atomic mass is 9.95. The molecule has 0 spiro atoms. The van der Waals surface area contributed by atoms with E-state index in [4.69, 9.17) is 10.8 Å². The first kappa shape index (κ1) is 14.1. The lowest BCUT2D eigenvalue weighted by Gasteiger charge is -2.25. The molecule has 0 bridgehead atoms. The molecule has 3 N–H and O–H groups in total. The average molecular weight is 263 g/mol. The van der Waals surface area contributed by atoms with E-state index in [1.54, 1.807) is 0 Å². The molecule has 2 rings (SSSR count). The summed E-state index contributed by atoms with van der Waals surface area (Å²) >= 11 is 0. The monoisotopic (exact) mass is 263 g/mol. The third kappa shape index (κ3) is 3.15. The van der Waals surface area contributed by atoms with Crippen LogP contribution in [-0.2, 0) is 5.41 Å². The first-order valence-electron chi connectivity index (χ1n) is 6.89. The number of aromatic nitrogens is 2. The number of nitrogens with one attached hydrogen (secondary N) is 1. The molecule has 1 heterocycles. The van der Waals surface area contributed by atoms with Crippen molar-refractivity contribution < 1.29 is 0 Å². The highest BCUT2D eigenvalue weighted by molar-refractivity contribution is 5.58. The lowest BCUT2D eigenvalue weighted by molar-refractivity contribution is 0.544. The summed E-state index contributed by atoms with van der Waals surface area (Å²) < 4.78 is 0. The lowest BCUT2D eigenvalue weighted by Crippen LogP contribution is -2.27. The minimum atomic E-state index is -0.0888. The zero-order valence-corrected chi connectivity index (χ0v) is 12.6. The van der Waals surface area contributed by atoms with E-state index in [1.165, 1.54) is 12.8 Å². The van der Waals surface area contributed by atoms with Gasteiger partial charge in [0, 0.05) is 24.6 Å². The van der Waals surface area contributed by atoms with E-state index < -0.39 is 0 Å². The fourth-order valence-electron chi connectivity index (χ4n) is 2.13. The van der Waals surface area contributed by atoms with Crippen molar-refractivity contribution in [2.75, 3.05) is 23.9 Å². The van der Waals surface area contributed by atoms with Gasteiger partial charge >= 0.3 is 0 Å². The molecule has 19 heavy (non-hydrogen) atoms. The fourth-order valence-corrected chi connectivity index (χ4v) is 2.13. The minimum Gasteiger partial charge on any atom is -0.359 e. The Hall–Kier alpha value is -1.36. The molecule has 1 fully saturated rings. The van der Waals surface area contributed by atoms with Crippen LogP contribution in [0.4, 0.5) is 11.6 Å². The Morgan fingerprint density at radius 2 is 1.95 bits per heavy atom. The largest absolute Gasteiger partial charge is 0.359 e. The summed E-state index contributed by atoms with van der Waals surface area (Å²) in [4.78, 5) is 11.5. The van der Waals surface area contributed by atoms with Gasteiger partial charge in [0.25, 0.3) is 0 Å². The molecule has 0 saturated heterocycles. The number of hydrogen-bond donors (Lipinski definition) is 2. The van der Waals surface area contributed by atoms with Crippen LogP contribution in [0.2, 0.25) is 0 Å². The summed E-state index contributed by atoms with van der Waals surface area (Å²) in [5, 5.41) is 0. The number of hydrazine groups is 1. The second-order valence-corrected chi connectivity index (χ2v) is 6.56. The average Bonchev–Trinajstić information content (AvgIpc) is 3.11. The number of rotatable bonds is 4. The van der Waals surface area contributed by atoms with Gasteiger partial charge in [0.05, 0.1) is 0 Å². The van der Waals surface area contributed by atoms with Gasteiger partial charge in [-0.2, -0.15) is 0 Å². The summed E-state index contributed by atoms with van der Waals surface area (Å²) in [5.74, 6) is 8.94. The number of anilines is 2. The van der Waals surface area contributed by atoms with E-state index in [2.05, 4.69) is 43.1 Å². The van der Waals surface area contributed by atoms with Crippen LogP contribution in [0.5, 0.6) is 0 Å². The summed E-state index contributed by atoms with van der Waals surface area (Å²) in [5.41, 5.74) is 3.62. The van der Waals surface area contributed by atoms with Crippen LogP contribution in [0, 0.1) is 12.8 Å². The molecule has 0 atom stereocenters. The highest BCUT2D eigenvalue weighted by atomic mass is 15.3. The summed E-state index contributed by atoms with van der Waals surface area (Å²) in [6, 6.07) is 0. The topological polar surface area (TPSA) is 67.1 Å². The van der Waals surface area contributed by atoms with Crippen LogP contribution in [0.1, 0.15) is 45.0 Å². The Bertz CT molecular complexity index is 460. The van der Waals surface area contributed by atoms with E-state index in [9.17, 15) is 0 Å². The quantitative estimate of drug-likeness (QED) is 0.644. The smallest absolute Gasteiger partial charge is 0.148 e. The standard InChI is InChI=1S/C14H25N5/c1-9-11(18-15)16-13(14(2,3)4)17-12(9)19(5)8-10-6-7-10/h10H,6-8,15H2,1-5H3,(H,16,17,18). The van der Waals surface area contributed by atoms with Gasteiger partial charge in [-0.25, -0.2) is 15.8 Å². The molecule has 1 aromatic rings. The fraction of sp³-hybridized carbons (Fsp3) is 0.714. The van der Waals surface area contributed by atoms with Crippen LogP contribution in [0.25, 0.3) is 0 Å². The van der Waals surface area contributed by atoms with Crippen molar-refractivity contribution >= 4 is 11.6 Å². The van der Waals surface area contributed by atoms with Crippen LogP contribution >= 0.6 is 0 Å². The molecule has 0 radical (unpaired) electrons. The van der Waals surface area contributed by atoms with Crippen molar-refractivity contribution in [1.82, 2.24) is 9.97 Å². The van der Waals surface area contributed by atoms with Gasteiger partial charge in [-0.1, -0.05) is 20.8 Å². The zero-order valence-electron chi connectivity index (χ0n) is 12.6. The van der Waals surface area contributed by atoms with Crippen molar-refractivity contribution in [2.24, 2.45) is 11.8 Å². The normalized spacial score (nSPS) is 15.5. The molecular weight excluding hydrogens is 238 g/mol. The first-order valence-corrected chi connectivity index (χ1v) is 6.89. The predicted molar refractivity (Wildman–Crippen MR) is 79.3 cm³/mol. The molecule has 0 aliphatic heterocycles. The van der Waals surface area contributed by atoms with Gasteiger partial charge in [0.15, 0.2) is 0 Å². The molecule has 1 aromatic heterocycles. The minimum absolute atomic E-state index is 0.0888. The molecule has 5 nitrogen and oxygen atoms in total. The number of hydrogen-bond acceptors (Lipinski definition) is 5. The molecule has 106 valence electrons. The SMILES string of the molecule is Cc1c(NN)nc(C(C)(C)C)nc1N(C)CC1CC1. The predicted octanol–water partition coefficient (Wildman–Crippen LogP) is 2.21. The maximum atomic E-state index is 5.59. The highest BCUT2D eigenvalue weighted by Gasteiger charge is 2.26. The molecule has 0 amide bonds. The van der Waals surface area contributed by atoms with Gasteiger partial charge in [-0.15, -0.1) is 0 Å². The van der Waals surface area contributed by atoms with Gasteiger partial charge in [-0.3, -0.25) is 0 Å². The van der Waals surface area contributed by atoms with Crippen molar-refractivity contribution in [3.05, 3.63) is 11.4 Å². The summed E-state index contributed by atoms with van der Waals surface area (Å²) in [6.45, 7) is 9.42. The van der Waals surface area contributed by atoms with Crippen LogP contribution in [0.3, 0.4) is 0 Å². The van der Waals surface area contributed by atoms with Crippen LogP contribution in [0.15, 0.2) is 0 Å². The molecular formula is C14H25N5. The van der Waals surface area contributed by atoms with Crippen LogP contribution in [-0.4, -0.2) is 23.6 Å². The van der Waals surface area contributed by atoms with E-state index in [1.807, 2.05) is 6.92 Å². The maximum absolute atomic E-state index is 5.59. The molecule has 1 aliphatic carbocycles. The number of nitrogens with zero attached hydrogens (tertiary/aromatic N) is 3. The van der Waals surface area contributed by atoms with Gasteiger partial charge in [-0.05, 0) is 25.7 Å². The Morgan fingerprint density at radius 3 is 2.42 bits per heavy atom. The summed E-state index contributed by atoms with van der Waals surface area (Å²) in [6.07, 6.45) is 2.67. The second kappa shape index (κ2) is 4.96. The third-order valence-corrected chi connectivity index (χ3v) is 3.52. The Balaban J connectivity index is 2.39. The third-order valence-electron chi connectivity index (χ3n) is 3.52. The molecule has 1 saturated carbocycles. The van der Waals surface area contributed by atoms with E-state index in [0.717, 1.165) is 35.5 Å². The van der Waals surface area contributed by atoms with Crippen LogP contribution < -0.4 is 16.2 Å². The van der Waals surface area contributed by atoms with Crippen molar-refractivity contribution in [3.8, 4) is 0 Å². The van der Waals surface area contributed by atoms with E-state index >= 15 is 0 Å². The Kier molecular flexibility index (Phi) is 3.67. The number of nitrogen functional groups attached to an aromatic ring is 1. The second-order valence-electron chi connectivity index (χ2n) is 6.56. The highest BCUT2D eigenvalue weighted by Crippen LogP contribution is 2.33. The van der Waals surface area contributed by atoms with E-state index in [-0.39, 0.29) is 5.41 Å². The Labute approximate surface area is 115 Å². The first-order chi connectivity index (χ1) is 8.82. The maximum Gasteiger partial charge on any atom is 0.148 e. The van der Waals surface area contributed by atoms with Crippen molar-refractivity contribution in [3.63, 3.8) is 0 Å². The summed E-state index contributed by atoms with van der Waals surface area (Å²) in [7, 11) is 2.10. The van der Waals surface area contributed by atoms with Crippen molar-refractivity contribution in [2.45, 2.75) is 46.0 Å². The van der Waals surface area contributed by atoms with E-state index in [0.29, 0.717) is 0 Å². The molecule has 1 aliphatic rings. The number of nitrogens with two attached hydrogens (primary N) is 1. The molecule has 0 aromatic carbocycles.